The van der Waals surface area contributed by atoms with E-state index in [1.54, 1.807) is 11.3 Å². The normalized spacial score (nSPS) is 10.5. The van der Waals surface area contributed by atoms with Gasteiger partial charge in [-0.2, -0.15) is 0 Å². The summed E-state index contributed by atoms with van der Waals surface area (Å²) < 4.78 is 0. The van der Waals surface area contributed by atoms with Crippen LogP contribution in [0.25, 0.3) is 21.8 Å². The summed E-state index contributed by atoms with van der Waals surface area (Å²) in [5.41, 5.74) is 3.50. The Morgan fingerprint density at radius 3 is 2.62 bits per heavy atom. The molecule has 2 heterocycles. The number of hydrogen-bond acceptors (Lipinski definition) is 1. The highest BCUT2D eigenvalue weighted by Gasteiger charge is 2.15. The van der Waals surface area contributed by atoms with Gasteiger partial charge in [0.1, 0.15) is 0 Å². The van der Waals surface area contributed by atoms with Crippen molar-refractivity contribution >= 4 is 11.3 Å². The van der Waals surface area contributed by atoms with Gasteiger partial charge in [-0.25, -0.2) is 9.97 Å². The zero-order valence-electron chi connectivity index (χ0n) is 8.60. The highest BCUT2D eigenvalue weighted by molar-refractivity contribution is 7.13. The van der Waals surface area contributed by atoms with Gasteiger partial charge < -0.3 is 0 Å². The molecule has 2 N–H and O–H groups in total. The average molecular weight is 227 g/mol. The van der Waals surface area contributed by atoms with E-state index in [4.69, 9.17) is 0 Å². The molecule has 0 spiro atoms. The fraction of sp³-hybridized carbons (Fsp3) is 0. The second-order valence-corrected chi connectivity index (χ2v) is 4.47. The molecule has 0 saturated heterocycles. The van der Waals surface area contributed by atoms with Gasteiger partial charge in [-0.15, -0.1) is 11.3 Å². The Morgan fingerprint density at radius 1 is 1.00 bits per heavy atom. The lowest BCUT2D eigenvalue weighted by atomic mass is 10.1. The topological polar surface area (TPSA) is 29.9 Å². The Hall–Kier alpha value is -1.87. The van der Waals surface area contributed by atoms with Gasteiger partial charge in [-0.1, -0.05) is 36.4 Å². The lowest BCUT2D eigenvalue weighted by molar-refractivity contribution is -0.362. The molecule has 2 aromatic heterocycles. The van der Waals surface area contributed by atoms with Crippen LogP contribution in [0.15, 0.2) is 54.2 Å². The molecule has 2 nitrogen and oxygen atoms in total. The molecular formula is C13H11N2S+. The van der Waals surface area contributed by atoms with Crippen LogP contribution in [0.2, 0.25) is 0 Å². The van der Waals surface area contributed by atoms with Gasteiger partial charge in [-0.3, -0.25) is 0 Å². The maximum atomic E-state index is 3.26. The summed E-state index contributed by atoms with van der Waals surface area (Å²) in [5, 5.41) is 2.09. The van der Waals surface area contributed by atoms with Crippen LogP contribution in [0.3, 0.4) is 0 Å². The van der Waals surface area contributed by atoms with Gasteiger partial charge in [0.15, 0.2) is 11.4 Å². The van der Waals surface area contributed by atoms with Crippen molar-refractivity contribution in [3.05, 3.63) is 54.2 Å². The molecule has 16 heavy (non-hydrogen) atoms. The van der Waals surface area contributed by atoms with E-state index < -0.39 is 0 Å². The predicted octanol–water partition coefficient (Wildman–Crippen LogP) is 3.22. The molecule has 1 aromatic carbocycles. The minimum Gasteiger partial charge on any atom is -0.243 e. The first-order valence-corrected chi connectivity index (χ1v) is 6.01. The van der Waals surface area contributed by atoms with E-state index in [-0.39, 0.29) is 0 Å². The van der Waals surface area contributed by atoms with Crippen molar-refractivity contribution in [2.75, 3.05) is 0 Å². The zero-order chi connectivity index (χ0) is 10.8. The summed E-state index contributed by atoms with van der Waals surface area (Å²) in [6.07, 6.45) is 1.87. The fourth-order valence-electron chi connectivity index (χ4n) is 1.77. The Bertz CT molecular complexity index is 567. The zero-order valence-corrected chi connectivity index (χ0v) is 9.42. The summed E-state index contributed by atoms with van der Waals surface area (Å²) in [7, 11) is 0. The minimum atomic E-state index is 1.14. The van der Waals surface area contributed by atoms with Gasteiger partial charge in [-0.05, 0) is 11.4 Å². The summed E-state index contributed by atoms with van der Waals surface area (Å²) in [4.78, 5) is 7.77. The molecule has 0 aliphatic rings. The van der Waals surface area contributed by atoms with Crippen LogP contribution in [0, 0.1) is 0 Å². The van der Waals surface area contributed by atoms with E-state index in [1.165, 1.54) is 10.4 Å². The molecule has 0 aliphatic heterocycles. The van der Waals surface area contributed by atoms with Gasteiger partial charge >= 0.3 is 0 Å². The highest BCUT2D eigenvalue weighted by atomic mass is 32.1. The first kappa shape index (κ1) is 9.36. The van der Waals surface area contributed by atoms with E-state index in [1.807, 2.05) is 24.5 Å². The van der Waals surface area contributed by atoms with Crippen LogP contribution in [0.4, 0.5) is 0 Å². The maximum absolute atomic E-state index is 3.26. The van der Waals surface area contributed by atoms with E-state index >= 15 is 0 Å². The Balaban J connectivity index is 2.14. The first-order valence-electron chi connectivity index (χ1n) is 5.13. The second-order valence-electron chi connectivity index (χ2n) is 3.53. The summed E-state index contributed by atoms with van der Waals surface area (Å²) in [5.74, 6) is 0. The van der Waals surface area contributed by atoms with Crippen molar-refractivity contribution in [2.45, 2.75) is 0 Å². The molecule has 0 bridgehead atoms. The number of rotatable bonds is 2. The van der Waals surface area contributed by atoms with E-state index in [9.17, 15) is 0 Å². The largest absolute Gasteiger partial charge is 0.243 e. The van der Waals surface area contributed by atoms with Crippen molar-refractivity contribution in [2.24, 2.45) is 0 Å². The summed E-state index contributed by atoms with van der Waals surface area (Å²) in [6, 6.07) is 14.5. The molecule has 0 atom stereocenters. The van der Waals surface area contributed by atoms with Gasteiger partial charge in [0, 0.05) is 5.56 Å². The number of aromatic amines is 2. The molecule has 3 aromatic rings. The fourth-order valence-corrected chi connectivity index (χ4v) is 2.51. The lowest BCUT2D eigenvalue weighted by Crippen LogP contribution is -1.99. The van der Waals surface area contributed by atoms with Crippen LogP contribution >= 0.6 is 11.3 Å². The van der Waals surface area contributed by atoms with Crippen LogP contribution in [-0.4, -0.2) is 4.98 Å². The number of imidazole rings is 1. The smallest absolute Gasteiger partial charge is 0.240 e. The van der Waals surface area contributed by atoms with Crippen molar-refractivity contribution < 1.29 is 4.98 Å². The molecule has 0 unspecified atom stereocenters. The lowest BCUT2D eigenvalue weighted by Gasteiger charge is -1.95. The van der Waals surface area contributed by atoms with E-state index in [0.717, 1.165) is 11.4 Å². The van der Waals surface area contributed by atoms with E-state index in [2.05, 4.69) is 39.6 Å². The van der Waals surface area contributed by atoms with Crippen molar-refractivity contribution in [3.8, 4) is 21.8 Å². The third-order valence-electron chi connectivity index (χ3n) is 2.51. The monoisotopic (exact) mass is 227 g/mol. The Morgan fingerprint density at radius 2 is 1.88 bits per heavy atom. The van der Waals surface area contributed by atoms with E-state index in [0.29, 0.717) is 0 Å². The first-order chi connectivity index (χ1) is 7.95. The molecule has 0 saturated carbocycles. The Labute approximate surface area is 97.6 Å². The van der Waals surface area contributed by atoms with Crippen LogP contribution in [0.5, 0.6) is 0 Å². The standard InChI is InChI=1S/C13H10N2S/c1-2-5-10(6-3-1)12-13(15-9-14-12)11-7-4-8-16-11/h1-9H,(H,14,15)/p+1. The SMILES string of the molecule is c1ccc(-c2[nH+]c[nH]c2-c2cccs2)cc1. The molecular weight excluding hydrogens is 216 g/mol. The van der Waals surface area contributed by atoms with Gasteiger partial charge in [0.2, 0.25) is 6.33 Å². The maximum Gasteiger partial charge on any atom is 0.240 e. The average Bonchev–Trinajstić information content (AvgIpc) is 3.01. The summed E-state index contributed by atoms with van der Waals surface area (Å²) >= 11 is 1.74. The van der Waals surface area contributed by atoms with Gasteiger partial charge in [0.05, 0.1) is 4.88 Å². The van der Waals surface area contributed by atoms with Crippen LogP contribution in [-0.2, 0) is 0 Å². The Kier molecular flexibility index (Phi) is 2.31. The number of aromatic nitrogens is 2. The van der Waals surface area contributed by atoms with Crippen molar-refractivity contribution in [1.29, 1.82) is 0 Å². The second kappa shape index (κ2) is 3.94. The molecule has 0 radical (unpaired) electrons. The van der Waals surface area contributed by atoms with Gasteiger partial charge in [0.25, 0.3) is 0 Å². The quantitative estimate of drug-likeness (QED) is 0.696. The highest BCUT2D eigenvalue weighted by Crippen LogP contribution is 2.29. The molecule has 0 amide bonds. The predicted molar refractivity (Wildman–Crippen MR) is 66.1 cm³/mol. The molecule has 3 rings (SSSR count). The third-order valence-corrected chi connectivity index (χ3v) is 3.40. The number of H-pyrrole nitrogens is 2. The number of hydrogen-bond donors (Lipinski definition) is 1. The number of thiophene rings is 1. The van der Waals surface area contributed by atoms with Crippen molar-refractivity contribution in [1.82, 2.24) is 4.98 Å². The van der Waals surface area contributed by atoms with Crippen LogP contribution in [0.1, 0.15) is 0 Å². The molecule has 0 fully saturated rings. The molecule has 78 valence electrons. The molecule has 0 aliphatic carbocycles. The summed E-state index contributed by atoms with van der Waals surface area (Å²) in [6.45, 7) is 0. The number of benzene rings is 1. The number of nitrogens with one attached hydrogen (secondary N) is 2. The van der Waals surface area contributed by atoms with Crippen molar-refractivity contribution in [3.63, 3.8) is 0 Å². The third kappa shape index (κ3) is 1.55. The van der Waals surface area contributed by atoms with Crippen LogP contribution < -0.4 is 4.98 Å². The molecule has 3 heteroatoms. The minimum absolute atomic E-state index is 1.14.